The number of benzene rings is 3. The molecule has 0 spiro atoms. The molecular formula is C82H85Cl6FN24O11. The largest absolute Gasteiger partial charge is 0.462 e. The van der Waals surface area contributed by atoms with Gasteiger partial charge in [0.05, 0.1) is 72.5 Å². The summed E-state index contributed by atoms with van der Waals surface area (Å²) in [4.78, 5) is 96.5. The number of hydrogen-bond donors (Lipinski definition) is 3. The van der Waals surface area contributed by atoms with Crippen LogP contribution in [0.1, 0.15) is 18.4 Å². The van der Waals surface area contributed by atoms with Crippen molar-refractivity contribution in [3.63, 3.8) is 0 Å². The quantitative estimate of drug-likeness (QED) is 0.0444. The number of anilines is 3. The number of carbonyl (C=O) groups is 3. The molecular weight excluding hydrogens is 1730 g/mol. The summed E-state index contributed by atoms with van der Waals surface area (Å²) in [6.45, 7) is 23.1. The molecule has 12 aromatic rings. The van der Waals surface area contributed by atoms with E-state index in [0.717, 1.165) is 35.9 Å². The van der Waals surface area contributed by atoms with Crippen molar-refractivity contribution in [2.24, 2.45) is 0 Å². The van der Waals surface area contributed by atoms with Gasteiger partial charge in [-0.3, -0.25) is 39.5 Å². The van der Waals surface area contributed by atoms with Gasteiger partial charge in [-0.05, 0) is 102 Å². The highest BCUT2D eigenvalue weighted by molar-refractivity contribution is 6.44. The van der Waals surface area contributed by atoms with Crippen molar-refractivity contribution in [2.45, 2.75) is 50.2 Å². The van der Waals surface area contributed by atoms with Crippen LogP contribution in [-0.2, 0) is 23.9 Å². The third-order valence-corrected chi connectivity index (χ3v) is 24.2. The Morgan fingerprint density at radius 1 is 0.468 bits per heavy atom. The fourth-order valence-corrected chi connectivity index (χ4v) is 17.0. The van der Waals surface area contributed by atoms with Crippen molar-refractivity contribution in [1.82, 2.24) is 105 Å². The van der Waals surface area contributed by atoms with Gasteiger partial charge in [-0.15, -0.1) is 0 Å². The van der Waals surface area contributed by atoms with Gasteiger partial charge in [0.2, 0.25) is 35.4 Å². The summed E-state index contributed by atoms with van der Waals surface area (Å²) in [6, 6.07) is 12.6. The van der Waals surface area contributed by atoms with E-state index in [0.29, 0.717) is 190 Å². The molecule has 9 aromatic heterocycles. The molecule has 6 aliphatic rings. The Morgan fingerprint density at radius 2 is 0.855 bits per heavy atom. The zero-order chi connectivity index (χ0) is 86.9. The van der Waals surface area contributed by atoms with Crippen molar-refractivity contribution >= 4 is 170 Å². The maximum Gasteiger partial charge on any atom is 0.319 e. The highest BCUT2D eigenvalue weighted by Gasteiger charge is 2.38. The van der Waals surface area contributed by atoms with E-state index in [2.05, 4.69) is 102 Å². The summed E-state index contributed by atoms with van der Waals surface area (Å²) in [5, 5.41) is 25.2. The Hall–Kier alpha value is -11.2. The predicted molar refractivity (Wildman–Crippen MR) is 469 cm³/mol. The van der Waals surface area contributed by atoms with Crippen LogP contribution in [0.3, 0.4) is 0 Å². The normalized spacial score (nSPS) is 19.1. The van der Waals surface area contributed by atoms with E-state index in [4.69, 9.17) is 132 Å². The van der Waals surface area contributed by atoms with Crippen molar-refractivity contribution in [3.05, 3.63) is 141 Å². The molecule has 6 saturated heterocycles. The maximum absolute atomic E-state index is 14.7. The summed E-state index contributed by atoms with van der Waals surface area (Å²) in [5.41, 5.74) is 3.92. The van der Waals surface area contributed by atoms with E-state index < -0.39 is 5.82 Å². The molecule has 0 aliphatic carbocycles. The minimum Gasteiger partial charge on any atom is -0.462 e. The van der Waals surface area contributed by atoms with Crippen LogP contribution in [-0.4, -0.2) is 306 Å². The lowest BCUT2D eigenvalue weighted by Gasteiger charge is -2.35. The van der Waals surface area contributed by atoms with E-state index in [9.17, 15) is 18.8 Å². The number of nitrogens with zero attached hydrogens (tertiary/aromatic N) is 21. The average Bonchev–Trinajstić information content (AvgIpc) is 0.884. The van der Waals surface area contributed by atoms with E-state index in [-0.39, 0.29) is 125 Å². The molecule has 15 heterocycles. The van der Waals surface area contributed by atoms with Crippen LogP contribution in [0.2, 0.25) is 30.5 Å². The Morgan fingerprint density at radius 3 is 1.27 bits per heavy atom. The molecule has 6 aliphatic heterocycles. The first-order valence-corrected chi connectivity index (χ1v) is 42.0. The lowest BCUT2D eigenvalue weighted by atomic mass is 10.1. The minimum atomic E-state index is -0.697. The molecule has 0 bridgehead atoms. The van der Waals surface area contributed by atoms with Gasteiger partial charge in [0.25, 0.3) is 0 Å². The van der Waals surface area contributed by atoms with Crippen LogP contribution in [0.15, 0.2) is 99.0 Å². The fourth-order valence-electron chi connectivity index (χ4n) is 15.9. The standard InChI is InChI=1S/C28H31ClN8O3.C27H27Cl3N8O4.C27H27Cl2FN8O4/c1-4-23(38)36-10-12-37(13-11-36)26-19-14-22(29)31-27(40-25-17(2)7-8-21-20(25)15-30-34-21)24(19)32-28(33-26)39-16-18-6-5-9-35(18)3;1-4-21(39)37-5-7-38(8-6-37)25-14-9-20(29)32-26(42-24-15-11-31-35-17(15)10-16(28)22(24)30)23(14)33-27(34-25)41-19-13-36(2)12-18(19)40-3;1-4-21(39)37-5-7-38(8-6-37)25-14-9-20(28)32-26(42-24-15-11-31-35-17(15)10-16(30)22(24)29)23(14)33-27(34-25)41-19-13-36(2)12-18(19)40-3/h4,7-8,14-15,18H,1,5-6,9-13,16H2,2-3H3,(H,30,34);2*4,9-11,18-19H,1,5-8,12-13H2,2-3H3,(H,31,35)/t18-;2*18-,19-/m011/s1. The zero-order valence-corrected chi connectivity index (χ0v) is 72.7. The molecule has 648 valence electrons. The smallest absolute Gasteiger partial charge is 0.319 e. The number of aromatic nitrogens is 15. The lowest BCUT2D eigenvalue weighted by Crippen LogP contribution is -2.48. The first kappa shape index (κ1) is 86.4. The van der Waals surface area contributed by atoms with Gasteiger partial charge in [-0.25, -0.2) is 4.39 Å². The summed E-state index contributed by atoms with van der Waals surface area (Å²) in [5.74, 6) is 1.93. The number of likely N-dealkylation sites (N-methyl/N-ethyl adjacent to an activating group) is 3. The molecule has 42 heteroatoms. The van der Waals surface area contributed by atoms with Crippen molar-refractivity contribution in [1.29, 1.82) is 0 Å². The van der Waals surface area contributed by atoms with Gasteiger partial charge >= 0.3 is 18.0 Å². The van der Waals surface area contributed by atoms with Crippen LogP contribution >= 0.6 is 69.6 Å². The Bertz CT molecular complexity index is 5850. The number of aryl methyl sites for hydroxylation is 1. The number of aromatic amines is 3. The lowest BCUT2D eigenvalue weighted by molar-refractivity contribution is -0.127. The minimum absolute atomic E-state index is 0.00697. The van der Waals surface area contributed by atoms with Gasteiger partial charge in [0, 0.05) is 131 Å². The number of rotatable bonds is 21. The molecule has 0 saturated carbocycles. The van der Waals surface area contributed by atoms with E-state index in [1.807, 2.05) is 38.1 Å². The molecule has 3 aromatic carbocycles. The molecule has 35 nitrogen and oxygen atoms in total. The van der Waals surface area contributed by atoms with E-state index in [1.165, 1.54) is 30.5 Å². The summed E-state index contributed by atoms with van der Waals surface area (Å²) < 4.78 is 63.7. The van der Waals surface area contributed by atoms with Crippen LogP contribution in [0.4, 0.5) is 21.8 Å². The van der Waals surface area contributed by atoms with E-state index in [1.54, 1.807) is 65.6 Å². The molecule has 0 unspecified atom stereocenters. The number of pyridine rings is 3. The first-order chi connectivity index (χ1) is 59.9. The van der Waals surface area contributed by atoms with E-state index >= 15 is 0 Å². The summed E-state index contributed by atoms with van der Waals surface area (Å²) in [7, 11) is 9.36. The second-order valence-electron chi connectivity index (χ2n) is 30.4. The van der Waals surface area contributed by atoms with Gasteiger partial charge < -0.3 is 72.2 Å². The van der Waals surface area contributed by atoms with Crippen LogP contribution in [0.5, 0.6) is 52.9 Å². The number of nitrogens with one attached hydrogen (secondary N) is 3. The molecule has 124 heavy (non-hydrogen) atoms. The monoisotopic (exact) mass is 1810 g/mol. The molecule has 3 N–H and O–H groups in total. The highest BCUT2D eigenvalue weighted by atomic mass is 35.5. The SMILES string of the molecule is C=CC(=O)N1CCN(c2nc(OC[C@@H]3CCCN3C)nc3c(Oc4c(C)ccc5[nH]ncc45)nc(Cl)cc23)CC1.C=CC(=O)N1CCN(c2nc(O[C@@H]3CN(C)C[C@H]3OC)nc3c(Oc4c(Cl)c(Cl)cc5[nH]ncc45)nc(Cl)cc23)CC1.C=CC(=O)N1CCN(c2nc(O[C@@H]3CN(C)C[C@H]3OC)nc3c(Oc4c(Cl)c(F)cc5[nH]ncc45)nc(Cl)cc23)CC1. The first-order valence-electron chi connectivity index (χ1n) is 39.7. The van der Waals surface area contributed by atoms with Crippen molar-refractivity contribution in [3.8, 4) is 52.9 Å². The van der Waals surface area contributed by atoms with Crippen molar-refractivity contribution < 1.29 is 56.7 Å². The fraction of sp³-hybridized carbons (Fsp3) is 0.378. The number of hydrogen-bond acceptors (Lipinski definition) is 29. The summed E-state index contributed by atoms with van der Waals surface area (Å²) in [6.07, 6.45) is 9.97. The Kier molecular flexibility index (Phi) is 26.0. The molecule has 5 atom stereocenters. The number of H-pyrrole nitrogens is 3. The van der Waals surface area contributed by atoms with Gasteiger partial charge in [0.15, 0.2) is 11.5 Å². The van der Waals surface area contributed by atoms with Crippen LogP contribution < -0.4 is 43.1 Å². The van der Waals surface area contributed by atoms with Crippen LogP contribution in [0, 0.1) is 12.7 Å². The second-order valence-corrected chi connectivity index (χ2v) is 32.7. The molecule has 18 rings (SSSR count). The number of methoxy groups -OCH3 is 2. The number of ether oxygens (including phenoxy) is 8. The Labute approximate surface area is 739 Å². The number of carbonyl (C=O) groups excluding carboxylic acids is 3. The van der Waals surface area contributed by atoms with Crippen molar-refractivity contribution in [2.75, 3.05) is 168 Å². The Balaban J connectivity index is 0.000000138. The predicted octanol–water partition coefficient (Wildman–Crippen LogP) is 11.8. The number of fused-ring (bicyclic) bond motifs is 6. The second kappa shape index (κ2) is 37.3. The molecule has 6 fully saturated rings. The van der Waals surface area contributed by atoms with Gasteiger partial charge in [0.1, 0.15) is 102 Å². The molecule has 3 amide bonds. The zero-order valence-electron chi connectivity index (χ0n) is 68.2. The topological polar surface area (TPSA) is 356 Å². The van der Waals surface area contributed by atoms with Gasteiger partial charge in [-0.2, -0.15) is 60.2 Å². The average molecular weight is 1810 g/mol. The number of piperazine rings is 3. The molecule has 0 radical (unpaired) electrons. The number of likely N-dealkylation sites (tertiary alicyclic amines) is 3. The number of halogens is 7. The van der Waals surface area contributed by atoms with Crippen LogP contribution in [0.25, 0.3) is 65.4 Å². The summed E-state index contributed by atoms with van der Waals surface area (Å²) >= 11 is 38.8. The van der Waals surface area contributed by atoms with Gasteiger partial charge in [-0.1, -0.05) is 95.4 Å². The third-order valence-electron chi connectivity index (χ3n) is 22.5. The number of amides is 3. The third kappa shape index (κ3) is 18.2. The highest BCUT2D eigenvalue weighted by Crippen LogP contribution is 2.46. The maximum atomic E-state index is 14.7.